The van der Waals surface area contributed by atoms with Gasteiger partial charge in [-0.05, 0) is 24.0 Å². The molecule has 1 unspecified atom stereocenters. The lowest BCUT2D eigenvalue weighted by atomic mass is 9.81. The predicted molar refractivity (Wildman–Crippen MR) is 82.4 cm³/mol. The van der Waals surface area contributed by atoms with Crippen LogP contribution in [-0.2, 0) is 21.5 Å². The monoisotopic (exact) mass is 291 g/mol. The Labute approximate surface area is 126 Å². The molecule has 1 fully saturated rings. The van der Waals surface area contributed by atoms with Gasteiger partial charge in [-0.3, -0.25) is 9.69 Å². The molecule has 2 rings (SSSR count). The number of aliphatic carboxylic acids is 1. The number of ether oxygens (including phenoxy) is 1. The summed E-state index contributed by atoms with van der Waals surface area (Å²) in [5.74, 6) is -0.747. The van der Waals surface area contributed by atoms with Crippen molar-refractivity contribution in [2.75, 3.05) is 26.3 Å². The minimum Gasteiger partial charge on any atom is -0.481 e. The number of hydrogen-bond acceptors (Lipinski definition) is 3. The largest absolute Gasteiger partial charge is 0.481 e. The Kier molecular flexibility index (Phi) is 5.37. The first-order valence-electron chi connectivity index (χ1n) is 7.76. The molecule has 1 N–H and O–H groups in total. The Morgan fingerprint density at radius 3 is 2.33 bits per heavy atom. The van der Waals surface area contributed by atoms with Gasteiger partial charge in [0.15, 0.2) is 0 Å². The fraction of sp³-hybridized carbons (Fsp3) is 0.588. The molecule has 0 bridgehead atoms. The fourth-order valence-corrected chi connectivity index (χ4v) is 3.24. The highest BCUT2D eigenvalue weighted by molar-refractivity contribution is 5.69. The third kappa shape index (κ3) is 3.44. The van der Waals surface area contributed by atoms with Crippen molar-refractivity contribution in [2.24, 2.45) is 0 Å². The SMILES string of the molecule is CCc1ccc(C(CC)(CC(=O)O)N2CCOCC2)cc1. The van der Waals surface area contributed by atoms with E-state index in [0.29, 0.717) is 13.2 Å². The highest BCUT2D eigenvalue weighted by atomic mass is 16.5. The van der Waals surface area contributed by atoms with Crippen LogP contribution in [0.25, 0.3) is 0 Å². The number of rotatable bonds is 6. The Bertz CT molecular complexity index is 465. The van der Waals surface area contributed by atoms with Gasteiger partial charge < -0.3 is 9.84 Å². The molecule has 0 radical (unpaired) electrons. The number of benzene rings is 1. The van der Waals surface area contributed by atoms with Crippen molar-refractivity contribution >= 4 is 5.97 Å². The van der Waals surface area contributed by atoms with Crippen molar-refractivity contribution in [3.8, 4) is 0 Å². The zero-order valence-electron chi connectivity index (χ0n) is 13.0. The van der Waals surface area contributed by atoms with Gasteiger partial charge in [0.05, 0.1) is 25.2 Å². The van der Waals surface area contributed by atoms with Gasteiger partial charge >= 0.3 is 5.97 Å². The van der Waals surface area contributed by atoms with E-state index in [1.54, 1.807) is 0 Å². The Morgan fingerprint density at radius 2 is 1.86 bits per heavy atom. The molecule has 21 heavy (non-hydrogen) atoms. The van der Waals surface area contributed by atoms with Crippen LogP contribution in [0, 0.1) is 0 Å². The maximum atomic E-state index is 11.5. The molecule has 1 aromatic carbocycles. The summed E-state index contributed by atoms with van der Waals surface area (Å²) >= 11 is 0. The topological polar surface area (TPSA) is 49.8 Å². The fourth-order valence-electron chi connectivity index (χ4n) is 3.24. The summed E-state index contributed by atoms with van der Waals surface area (Å²) in [4.78, 5) is 13.7. The van der Waals surface area contributed by atoms with E-state index >= 15 is 0 Å². The van der Waals surface area contributed by atoms with Gasteiger partial charge in [0.2, 0.25) is 0 Å². The third-order valence-corrected chi connectivity index (χ3v) is 4.54. The van der Waals surface area contributed by atoms with Crippen LogP contribution in [0.15, 0.2) is 24.3 Å². The molecule has 1 atom stereocenters. The Hall–Kier alpha value is -1.39. The van der Waals surface area contributed by atoms with Gasteiger partial charge in [-0.25, -0.2) is 0 Å². The van der Waals surface area contributed by atoms with Crippen LogP contribution in [0.3, 0.4) is 0 Å². The Balaban J connectivity index is 2.38. The van der Waals surface area contributed by atoms with Crippen LogP contribution in [0.2, 0.25) is 0 Å². The van der Waals surface area contributed by atoms with Gasteiger partial charge in [-0.1, -0.05) is 38.1 Å². The maximum Gasteiger partial charge on any atom is 0.305 e. The minimum atomic E-state index is -0.747. The second-order valence-electron chi connectivity index (χ2n) is 5.61. The van der Waals surface area contributed by atoms with Crippen LogP contribution in [0.5, 0.6) is 0 Å². The number of carboxylic acids is 1. The number of carboxylic acid groups (broad SMARTS) is 1. The van der Waals surface area contributed by atoms with E-state index in [1.807, 2.05) is 0 Å². The normalized spacial score (nSPS) is 19.1. The number of carbonyl (C=O) groups is 1. The van der Waals surface area contributed by atoms with Crippen molar-refractivity contribution < 1.29 is 14.6 Å². The predicted octanol–water partition coefficient (Wildman–Crippen LogP) is 2.66. The summed E-state index contributed by atoms with van der Waals surface area (Å²) < 4.78 is 5.43. The zero-order valence-corrected chi connectivity index (χ0v) is 13.0. The summed E-state index contributed by atoms with van der Waals surface area (Å²) in [6, 6.07) is 8.42. The first-order valence-corrected chi connectivity index (χ1v) is 7.76. The first kappa shape index (κ1) is 16.0. The van der Waals surface area contributed by atoms with Crippen LogP contribution < -0.4 is 0 Å². The summed E-state index contributed by atoms with van der Waals surface area (Å²) in [6.07, 6.45) is 1.91. The third-order valence-electron chi connectivity index (χ3n) is 4.54. The highest BCUT2D eigenvalue weighted by Crippen LogP contribution is 2.36. The second-order valence-corrected chi connectivity index (χ2v) is 5.61. The molecular formula is C17H25NO3. The number of hydrogen-bond donors (Lipinski definition) is 1. The van der Waals surface area contributed by atoms with Crippen molar-refractivity contribution in [3.63, 3.8) is 0 Å². The molecular weight excluding hydrogens is 266 g/mol. The smallest absolute Gasteiger partial charge is 0.305 e. The lowest BCUT2D eigenvalue weighted by Crippen LogP contribution is -2.52. The lowest BCUT2D eigenvalue weighted by molar-refractivity contribution is -0.142. The van der Waals surface area contributed by atoms with Crippen LogP contribution in [0.4, 0.5) is 0 Å². The molecule has 1 heterocycles. The molecule has 1 aliphatic rings. The molecule has 0 aliphatic carbocycles. The second kappa shape index (κ2) is 7.05. The highest BCUT2D eigenvalue weighted by Gasteiger charge is 2.39. The van der Waals surface area contributed by atoms with Crippen molar-refractivity contribution in [1.82, 2.24) is 4.90 Å². The zero-order chi connectivity index (χ0) is 15.3. The van der Waals surface area contributed by atoms with Crippen LogP contribution >= 0.6 is 0 Å². The summed E-state index contributed by atoms with van der Waals surface area (Å²) in [5, 5.41) is 9.42. The van der Waals surface area contributed by atoms with Crippen LogP contribution in [-0.4, -0.2) is 42.3 Å². The molecule has 1 saturated heterocycles. The summed E-state index contributed by atoms with van der Waals surface area (Å²) in [6.45, 7) is 7.13. The van der Waals surface area contributed by atoms with Gasteiger partial charge in [-0.2, -0.15) is 0 Å². The number of morpholine rings is 1. The van der Waals surface area contributed by atoms with E-state index in [2.05, 4.69) is 43.0 Å². The molecule has 4 heteroatoms. The van der Waals surface area contributed by atoms with E-state index in [-0.39, 0.29) is 6.42 Å². The summed E-state index contributed by atoms with van der Waals surface area (Å²) in [7, 11) is 0. The molecule has 0 aromatic heterocycles. The van der Waals surface area contributed by atoms with Crippen molar-refractivity contribution in [1.29, 1.82) is 0 Å². The molecule has 1 aromatic rings. The van der Waals surface area contributed by atoms with E-state index in [4.69, 9.17) is 4.74 Å². The summed E-state index contributed by atoms with van der Waals surface area (Å²) in [5.41, 5.74) is 1.95. The van der Waals surface area contributed by atoms with E-state index in [1.165, 1.54) is 5.56 Å². The van der Waals surface area contributed by atoms with E-state index < -0.39 is 11.5 Å². The minimum absolute atomic E-state index is 0.134. The standard InChI is InChI=1S/C17H25NO3/c1-3-14-5-7-15(8-6-14)17(4-2,13-16(19)20)18-9-11-21-12-10-18/h5-8H,3-4,9-13H2,1-2H3,(H,19,20). The molecule has 0 spiro atoms. The van der Waals surface area contributed by atoms with Crippen molar-refractivity contribution in [3.05, 3.63) is 35.4 Å². The quantitative estimate of drug-likeness (QED) is 0.875. The number of aryl methyl sites for hydroxylation is 1. The van der Waals surface area contributed by atoms with Gasteiger partial charge in [-0.15, -0.1) is 0 Å². The van der Waals surface area contributed by atoms with Gasteiger partial charge in [0.25, 0.3) is 0 Å². The van der Waals surface area contributed by atoms with Crippen molar-refractivity contribution in [2.45, 2.75) is 38.6 Å². The molecule has 4 nitrogen and oxygen atoms in total. The molecule has 0 amide bonds. The van der Waals surface area contributed by atoms with E-state index in [9.17, 15) is 9.90 Å². The van der Waals surface area contributed by atoms with E-state index in [0.717, 1.165) is 31.5 Å². The average molecular weight is 291 g/mol. The Morgan fingerprint density at radius 1 is 1.24 bits per heavy atom. The lowest BCUT2D eigenvalue weighted by Gasteiger charge is -2.45. The average Bonchev–Trinajstić information content (AvgIpc) is 2.53. The maximum absolute atomic E-state index is 11.5. The van der Waals surface area contributed by atoms with Gasteiger partial charge in [0, 0.05) is 13.1 Å². The molecule has 1 aliphatic heterocycles. The first-order chi connectivity index (χ1) is 10.1. The van der Waals surface area contributed by atoms with Gasteiger partial charge in [0.1, 0.15) is 0 Å². The molecule has 116 valence electrons. The van der Waals surface area contributed by atoms with Crippen LogP contribution in [0.1, 0.15) is 37.8 Å². The number of nitrogens with zero attached hydrogens (tertiary/aromatic N) is 1. The molecule has 0 saturated carbocycles.